The molecule has 1 aliphatic rings. The van der Waals surface area contributed by atoms with E-state index in [2.05, 4.69) is 104 Å². The second kappa shape index (κ2) is 12.3. The Morgan fingerprint density at radius 2 is 1.39 bits per heavy atom. The second-order valence-electron chi connectivity index (χ2n) is 8.82. The number of benzene rings is 3. The summed E-state index contributed by atoms with van der Waals surface area (Å²) in [5.74, 6) is 0. The molecule has 172 valence electrons. The van der Waals surface area contributed by atoms with E-state index in [1.54, 1.807) is 0 Å². The largest absolute Gasteiger partial charge is 0.353 e. The van der Waals surface area contributed by atoms with E-state index in [0.717, 1.165) is 38.5 Å². The van der Waals surface area contributed by atoms with Gasteiger partial charge in [-0.05, 0) is 75.4 Å². The van der Waals surface area contributed by atoms with Gasteiger partial charge in [-0.3, -0.25) is 0 Å². The van der Waals surface area contributed by atoms with E-state index in [-0.39, 0.29) is 6.29 Å². The van der Waals surface area contributed by atoms with Crippen molar-refractivity contribution in [3.8, 4) is 0 Å². The van der Waals surface area contributed by atoms with Crippen molar-refractivity contribution in [3.05, 3.63) is 103 Å². The van der Waals surface area contributed by atoms with Crippen molar-refractivity contribution in [1.82, 2.24) is 0 Å². The van der Waals surface area contributed by atoms with E-state index in [9.17, 15) is 0 Å². The lowest BCUT2D eigenvalue weighted by Crippen LogP contribution is -2.33. The number of ether oxygens (including phenoxy) is 2. The molecular weight excluding hydrogens is 423 g/mol. The standard InChI is InChI=1S/C30H36O2P/c1-26(22-24-32-30-21-11-12-23-31-30)14-13-25-33(27-15-5-2-6-16-27,28-17-7-3-8-18-28)29-19-9-4-10-20-29/h2-10,15-20,22,30H,11-14,21,23-25H2,1H3/q+1/b26-22+. The summed E-state index contributed by atoms with van der Waals surface area (Å²) in [7, 11) is -1.74. The first-order valence-electron chi connectivity index (χ1n) is 12.2. The van der Waals surface area contributed by atoms with Crippen LogP contribution in [0.5, 0.6) is 0 Å². The third-order valence-corrected chi connectivity index (χ3v) is 11.0. The van der Waals surface area contributed by atoms with Crippen LogP contribution in [0, 0.1) is 0 Å². The summed E-state index contributed by atoms with van der Waals surface area (Å²) < 4.78 is 11.6. The molecule has 3 aromatic rings. The Balaban J connectivity index is 1.52. The highest BCUT2D eigenvalue weighted by molar-refractivity contribution is 7.95. The Kier molecular flexibility index (Phi) is 8.89. The number of allylic oxidation sites excluding steroid dienone is 1. The van der Waals surface area contributed by atoms with Crippen LogP contribution in [0.3, 0.4) is 0 Å². The average Bonchev–Trinajstić information content (AvgIpc) is 2.89. The molecule has 4 rings (SSSR count). The van der Waals surface area contributed by atoms with Gasteiger partial charge in [0.2, 0.25) is 0 Å². The molecule has 0 N–H and O–H groups in total. The minimum Gasteiger partial charge on any atom is -0.353 e. The minimum atomic E-state index is -1.74. The third-order valence-electron chi connectivity index (χ3n) is 6.51. The van der Waals surface area contributed by atoms with Crippen LogP contribution in [0.25, 0.3) is 0 Å². The van der Waals surface area contributed by atoms with Crippen LogP contribution in [-0.4, -0.2) is 25.7 Å². The average molecular weight is 460 g/mol. The van der Waals surface area contributed by atoms with E-state index in [1.165, 1.54) is 27.9 Å². The van der Waals surface area contributed by atoms with Gasteiger partial charge in [0.15, 0.2) is 6.29 Å². The Morgan fingerprint density at radius 3 is 1.88 bits per heavy atom. The van der Waals surface area contributed by atoms with Crippen LogP contribution in [0.4, 0.5) is 0 Å². The predicted molar refractivity (Wildman–Crippen MR) is 143 cm³/mol. The lowest BCUT2D eigenvalue weighted by molar-refractivity contribution is -0.155. The van der Waals surface area contributed by atoms with Gasteiger partial charge in [0.1, 0.15) is 23.2 Å². The molecule has 0 spiro atoms. The molecule has 33 heavy (non-hydrogen) atoms. The first-order chi connectivity index (χ1) is 16.3. The van der Waals surface area contributed by atoms with Gasteiger partial charge < -0.3 is 9.47 Å². The van der Waals surface area contributed by atoms with Gasteiger partial charge in [-0.25, -0.2) is 0 Å². The van der Waals surface area contributed by atoms with Crippen molar-refractivity contribution in [2.75, 3.05) is 19.4 Å². The molecule has 1 heterocycles. The van der Waals surface area contributed by atoms with Crippen molar-refractivity contribution in [2.24, 2.45) is 0 Å². The summed E-state index contributed by atoms with van der Waals surface area (Å²) in [6.45, 7) is 3.71. The fourth-order valence-corrected chi connectivity index (χ4v) is 9.06. The maximum Gasteiger partial charge on any atom is 0.157 e. The van der Waals surface area contributed by atoms with Crippen LogP contribution < -0.4 is 15.9 Å². The van der Waals surface area contributed by atoms with Gasteiger partial charge in [-0.2, -0.15) is 0 Å². The van der Waals surface area contributed by atoms with Crippen LogP contribution >= 0.6 is 7.26 Å². The fraction of sp³-hybridized carbons (Fsp3) is 0.333. The summed E-state index contributed by atoms with van der Waals surface area (Å²) in [6, 6.07) is 33.5. The van der Waals surface area contributed by atoms with Gasteiger partial charge >= 0.3 is 0 Å². The molecule has 3 heteroatoms. The zero-order valence-electron chi connectivity index (χ0n) is 19.7. The minimum absolute atomic E-state index is 0.0179. The van der Waals surface area contributed by atoms with Crippen LogP contribution in [0.2, 0.25) is 0 Å². The van der Waals surface area contributed by atoms with Gasteiger partial charge in [0, 0.05) is 6.61 Å². The first-order valence-corrected chi connectivity index (χ1v) is 14.2. The van der Waals surface area contributed by atoms with Crippen LogP contribution in [0.1, 0.15) is 39.0 Å². The molecular formula is C30H36O2P+. The molecule has 1 aliphatic heterocycles. The summed E-state index contributed by atoms with van der Waals surface area (Å²) in [4.78, 5) is 0. The highest BCUT2D eigenvalue weighted by atomic mass is 31.2. The van der Waals surface area contributed by atoms with Gasteiger partial charge in [-0.1, -0.05) is 66.2 Å². The maximum absolute atomic E-state index is 5.92. The molecule has 1 fully saturated rings. The van der Waals surface area contributed by atoms with E-state index in [1.807, 2.05) is 0 Å². The van der Waals surface area contributed by atoms with Crippen LogP contribution in [-0.2, 0) is 9.47 Å². The Labute approximate surface area is 200 Å². The lowest BCUT2D eigenvalue weighted by Gasteiger charge is -2.27. The normalized spacial score (nSPS) is 17.1. The molecule has 0 bridgehead atoms. The SMILES string of the molecule is C/C(=C\COC1CCCCO1)CCC[P+](c1ccccc1)(c1ccccc1)c1ccccc1. The summed E-state index contributed by atoms with van der Waals surface area (Å²) in [5, 5.41) is 4.38. The Hall–Kier alpha value is -2.25. The Bertz CT molecular complexity index is 883. The highest BCUT2D eigenvalue weighted by Crippen LogP contribution is 2.56. The van der Waals surface area contributed by atoms with Gasteiger partial charge in [0.05, 0.1) is 12.8 Å². The van der Waals surface area contributed by atoms with Gasteiger partial charge in [0.25, 0.3) is 0 Å². The van der Waals surface area contributed by atoms with Crippen molar-refractivity contribution < 1.29 is 9.47 Å². The lowest BCUT2D eigenvalue weighted by atomic mass is 10.2. The maximum atomic E-state index is 5.92. The molecule has 1 saturated heterocycles. The van der Waals surface area contributed by atoms with E-state index in [4.69, 9.17) is 9.47 Å². The smallest absolute Gasteiger partial charge is 0.157 e. The highest BCUT2D eigenvalue weighted by Gasteiger charge is 2.44. The molecule has 0 saturated carbocycles. The summed E-state index contributed by atoms with van der Waals surface area (Å²) in [5.41, 5.74) is 1.40. The van der Waals surface area contributed by atoms with E-state index < -0.39 is 7.26 Å². The van der Waals surface area contributed by atoms with E-state index in [0.29, 0.717) is 6.61 Å². The van der Waals surface area contributed by atoms with Crippen LogP contribution in [0.15, 0.2) is 103 Å². The first kappa shape index (κ1) is 23.9. The summed E-state index contributed by atoms with van der Waals surface area (Å²) >= 11 is 0. The fourth-order valence-electron chi connectivity index (χ4n) is 4.72. The zero-order valence-corrected chi connectivity index (χ0v) is 20.6. The topological polar surface area (TPSA) is 18.5 Å². The molecule has 0 aromatic heterocycles. The van der Waals surface area contributed by atoms with Crippen molar-refractivity contribution >= 4 is 23.2 Å². The number of rotatable bonds is 10. The monoisotopic (exact) mass is 459 g/mol. The quantitative estimate of drug-likeness (QED) is 0.264. The molecule has 1 atom stereocenters. The molecule has 1 unspecified atom stereocenters. The predicted octanol–water partition coefficient (Wildman–Crippen LogP) is 6.25. The molecule has 2 nitrogen and oxygen atoms in total. The molecule has 0 aliphatic carbocycles. The third kappa shape index (κ3) is 6.21. The van der Waals surface area contributed by atoms with Gasteiger partial charge in [-0.15, -0.1) is 0 Å². The number of hydrogen-bond donors (Lipinski definition) is 0. The van der Waals surface area contributed by atoms with Crippen molar-refractivity contribution in [1.29, 1.82) is 0 Å². The van der Waals surface area contributed by atoms with E-state index >= 15 is 0 Å². The number of hydrogen-bond acceptors (Lipinski definition) is 2. The van der Waals surface area contributed by atoms with Crippen molar-refractivity contribution in [3.63, 3.8) is 0 Å². The Morgan fingerprint density at radius 1 is 0.848 bits per heavy atom. The zero-order chi connectivity index (χ0) is 22.8. The molecule has 0 radical (unpaired) electrons. The summed E-state index contributed by atoms with van der Waals surface area (Å²) in [6.07, 6.45) is 8.99. The molecule has 0 amide bonds. The molecule has 3 aromatic carbocycles. The second-order valence-corrected chi connectivity index (χ2v) is 12.4. The van der Waals surface area contributed by atoms with Crippen molar-refractivity contribution in [2.45, 2.75) is 45.3 Å².